The molecule has 0 saturated heterocycles. The van der Waals surface area contributed by atoms with Crippen LogP contribution in [0.1, 0.15) is 140 Å². The van der Waals surface area contributed by atoms with E-state index in [4.69, 9.17) is 0 Å². The monoisotopic (exact) mass is 536 g/mol. The molecule has 2 aromatic carbocycles. The lowest BCUT2D eigenvalue weighted by Crippen LogP contribution is -2.03. The summed E-state index contributed by atoms with van der Waals surface area (Å²) in [7, 11) is 0. The highest BCUT2D eigenvalue weighted by atomic mass is 15.2. The van der Waals surface area contributed by atoms with Crippen LogP contribution in [0.4, 0.5) is 0 Å². The van der Waals surface area contributed by atoms with Crippen LogP contribution in [0.5, 0.6) is 0 Å². The van der Waals surface area contributed by atoms with Crippen LogP contribution in [0.15, 0.2) is 59.7 Å². The number of hydrogen-bond acceptors (Lipinski definition) is 0. The van der Waals surface area contributed by atoms with Crippen molar-refractivity contribution in [3.8, 4) is 11.8 Å². The Labute approximate surface area is 245 Å². The van der Waals surface area contributed by atoms with Crippen molar-refractivity contribution in [1.82, 2.24) is 0 Å². The van der Waals surface area contributed by atoms with Gasteiger partial charge in [-0.25, -0.2) is 4.70 Å². The lowest BCUT2D eigenvalue weighted by atomic mass is 9.98. The van der Waals surface area contributed by atoms with Gasteiger partial charge in [0.25, 0.3) is 0 Å². The predicted octanol–water partition coefficient (Wildman–Crippen LogP) is 11.5. The first-order valence-electron chi connectivity index (χ1n) is 16.2. The maximum absolute atomic E-state index is 11.6. The van der Waals surface area contributed by atoms with Gasteiger partial charge in [-0.2, -0.15) is 0 Å². The van der Waals surface area contributed by atoms with Crippen LogP contribution in [0.3, 0.4) is 0 Å². The van der Waals surface area contributed by atoms with Gasteiger partial charge in [0.05, 0.1) is 0 Å². The zero-order valence-corrected chi connectivity index (χ0v) is 25.8. The topological polar surface area (TPSA) is 25.3 Å². The van der Waals surface area contributed by atoms with E-state index >= 15 is 0 Å². The second-order valence-corrected chi connectivity index (χ2v) is 11.5. The molecule has 40 heavy (non-hydrogen) atoms. The number of rotatable bonds is 17. The molecular weight excluding hydrogens is 484 g/mol. The average molecular weight is 537 g/mol. The Morgan fingerprint density at radius 2 is 1.25 bits per heavy atom. The van der Waals surface area contributed by atoms with Crippen molar-refractivity contribution in [2.75, 3.05) is 0 Å². The van der Waals surface area contributed by atoms with Crippen molar-refractivity contribution < 1.29 is 4.70 Å². The SMILES string of the molecule is CCCCCCCCCC#CC1=C(c2cccc(CCCCCC)c2)[N+](=[N-])C(c2ccc(CCCC)cc2)=C1C. The van der Waals surface area contributed by atoms with Gasteiger partial charge in [0.2, 0.25) is 11.4 Å². The molecule has 0 radical (unpaired) electrons. The first-order valence-corrected chi connectivity index (χ1v) is 16.2. The molecule has 0 aromatic heterocycles. The van der Waals surface area contributed by atoms with E-state index in [2.05, 4.69) is 88.1 Å². The van der Waals surface area contributed by atoms with Crippen molar-refractivity contribution in [3.05, 3.63) is 87.5 Å². The lowest BCUT2D eigenvalue weighted by molar-refractivity contribution is -0.345. The Balaban J connectivity index is 1.84. The van der Waals surface area contributed by atoms with Crippen molar-refractivity contribution in [1.29, 1.82) is 0 Å². The fraction of sp³-hybridized carbons (Fsp3) is 0.526. The Hall–Kier alpha value is -2.92. The summed E-state index contributed by atoms with van der Waals surface area (Å²) in [6.07, 6.45) is 19.5. The smallest absolute Gasteiger partial charge is 0.223 e. The molecule has 2 heteroatoms. The van der Waals surface area contributed by atoms with Crippen LogP contribution in [-0.4, -0.2) is 4.70 Å². The van der Waals surface area contributed by atoms with Gasteiger partial charge in [-0.1, -0.05) is 121 Å². The molecule has 0 saturated carbocycles. The van der Waals surface area contributed by atoms with Crippen molar-refractivity contribution in [3.63, 3.8) is 0 Å². The van der Waals surface area contributed by atoms with Crippen LogP contribution in [0.25, 0.3) is 16.9 Å². The highest BCUT2D eigenvalue weighted by Gasteiger charge is 2.33. The highest BCUT2D eigenvalue weighted by molar-refractivity contribution is 5.85. The standard InChI is InChI=1S/C38H52N2/c1-5-8-11-13-14-15-16-17-19-25-36-31(4)37(34-28-26-32(27-29-34)21-10-7-3)40(39)38(36)35-24-20-23-33(30-35)22-18-12-9-6-2/h20,23-24,26-30H,5-18,21-22H2,1-4H3. The number of nitrogens with zero attached hydrogens (tertiary/aromatic N) is 2. The maximum atomic E-state index is 11.6. The maximum Gasteiger partial charge on any atom is 0.223 e. The summed E-state index contributed by atoms with van der Waals surface area (Å²) in [6, 6.07) is 17.5. The Morgan fingerprint density at radius 3 is 1.95 bits per heavy atom. The molecule has 1 aliphatic rings. The minimum absolute atomic E-state index is 0.824. The molecule has 0 spiro atoms. The van der Waals surface area contributed by atoms with Crippen molar-refractivity contribution in [2.45, 2.75) is 130 Å². The molecular formula is C38H52N2. The van der Waals surface area contributed by atoms with Gasteiger partial charge in [-0.3, -0.25) is 0 Å². The summed E-state index contributed by atoms with van der Waals surface area (Å²) < 4.78 is 1.41. The van der Waals surface area contributed by atoms with E-state index in [1.165, 1.54) is 92.9 Å². The fourth-order valence-electron chi connectivity index (χ4n) is 5.59. The normalized spacial score (nSPS) is 13.2. The number of unbranched alkanes of at least 4 members (excludes halogenated alkanes) is 11. The zero-order valence-electron chi connectivity index (χ0n) is 25.8. The van der Waals surface area contributed by atoms with Gasteiger partial charge in [0.1, 0.15) is 5.57 Å². The third kappa shape index (κ3) is 9.33. The van der Waals surface area contributed by atoms with Crippen LogP contribution in [0.2, 0.25) is 0 Å². The van der Waals surface area contributed by atoms with E-state index in [0.29, 0.717) is 0 Å². The molecule has 1 aliphatic heterocycles. The fourth-order valence-corrected chi connectivity index (χ4v) is 5.59. The minimum Gasteiger partial charge on any atom is -0.493 e. The van der Waals surface area contributed by atoms with E-state index in [-0.39, 0.29) is 0 Å². The zero-order chi connectivity index (χ0) is 28.6. The van der Waals surface area contributed by atoms with Gasteiger partial charge in [0.15, 0.2) is 0 Å². The highest BCUT2D eigenvalue weighted by Crippen LogP contribution is 2.40. The molecule has 3 rings (SSSR count). The molecule has 1 heterocycles. The summed E-state index contributed by atoms with van der Waals surface area (Å²) in [4.78, 5) is 0. The van der Waals surface area contributed by atoms with Crippen molar-refractivity contribution in [2.24, 2.45) is 0 Å². The lowest BCUT2D eigenvalue weighted by Gasteiger charge is -2.11. The number of benzene rings is 2. The summed E-state index contributed by atoms with van der Waals surface area (Å²) in [5.41, 5.74) is 20.1. The van der Waals surface area contributed by atoms with E-state index in [1.54, 1.807) is 0 Å². The Kier molecular flexibility index (Phi) is 14.0. The number of hydrogen-bond donors (Lipinski definition) is 0. The molecule has 214 valence electrons. The molecule has 0 fully saturated rings. The Morgan fingerprint density at radius 1 is 0.625 bits per heavy atom. The predicted molar refractivity (Wildman–Crippen MR) is 173 cm³/mol. The van der Waals surface area contributed by atoms with Crippen LogP contribution in [-0.2, 0) is 12.8 Å². The average Bonchev–Trinajstić information content (AvgIpc) is 3.22. The van der Waals surface area contributed by atoms with Crippen LogP contribution < -0.4 is 0 Å². The largest absolute Gasteiger partial charge is 0.493 e. The number of allylic oxidation sites excluding steroid dienone is 2. The third-order valence-corrected chi connectivity index (χ3v) is 8.08. The van der Waals surface area contributed by atoms with Gasteiger partial charge in [0, 0.05) is 23.1 Å². The summed E-state index contributed by atoms with van der Waals surface area (Å²) in [6.45, 7) is 8.87. The van der Waals surface area contributed by atoms with Crippen molar-refractivity contribution >= 4 is 11.4 Å². The third-order valence-electron chi connectivity index (χ3n) is 8.08. The molecule has 0 bridgehead atoms. The van der Waals surface area contributed by atoms with E-state index < -0.39 is 0 Å². The molecule has 0 unspecified atom stereocenters. The van der Waals surface area contributed by atoms with Gasteiger partial charge < -0.3 is 5.53 Å². The Bertz CT molecular complexity index is 1200. The second-order valence-electron chi connectivity index (χ2n) is 11.5. The molecule has 2 aromatic rings. The van der Waals surface area contributed by atoms with Crippen LogP contribution >= 0.6 is 0 Å². The van der Waals surface area contributed by atoms with E-state index in [1.807, 2.05) is 0 Å². The first kappa shape index (κ1) is 31.6. The second kappa shape index (κ2) is 17.7. The minimum atomic E-state index is 0.824. The quantitative estimate of drug-likeness (QED) is 0.109. The summed E-state index contributed by atoms with van der Waals surface area (Å²) in [5, 5.41) is 0. The van der Waals surface area contributed by atoms with E-state index in [0.717, 1.165) is 59.4 Å². The molecule has 2 nitrogen and oxygen atoms in total. The van der Waals surface area contributed by atoms with Crippen LogP contribution in [0, 0.1) is 11.8 Å². The number of aryl methyl sites for hydroxylation is 2. The summed E-state index contributed by atoms with van der Waals surface area (Å²) >= 11 is 0. The van der Waals surface area contributed by atoms with E-state index in [9.17, 15) is 5.53 Å². The molecule has 0 amide bonds. The molecule has 0 N–H and O–H groups in total. The summed E-state index contributed by atoms with van der Waals surface area (Å²) in [5.74, 6) is 6.98. The molecule has 0 atom stereocenters. The van der Waals surface area contributed by atoms with Gasteiger partial charge >= 0.3 is 0 Å². The van der Waals surface area contributed by atoms with Gasteiger partial charge in [-0.15, -0.1) is 0 Å². The first-order chi connectivity index (χ1) is 19.6. The molecule has 0 aliphatic carbocycles. The van der Waals surface area contributed by atoms with Gasteiger partial charge in [-0.05, 0) is 74.4 Å².